The lowest BCUT2D eigenvalue weighted by Gasteiger charge is -2.12. The second-order valence-electron chi connectivity index (χ2n) is 5.14. The van der Waals surface area contributed by atoms with Gasteiger partial charge in [-0.3, -0.25) is 4.57 Å². The van der Waals surface area contributed by atoms with E-state index in [1.807, 2.05) is 13.8 Å². The number of nitrogens with zero attached hydrogens (tertiary/aromatic N) is 4. The number of H-pyrrole nitrogens is 1. The molecular formula is C13H18N6OS. The molecule has 2 heterocycles. The van der Waals surface area contributed by atoms with Crippen molar-refractivity contribution >= 4 is 17.6 Å². The first kappa shape index (κ1) is 14.1. The number of anilines is 1. The first-order valence-electron chi connectivity index (χ1n) is 7.01. The van der Waals surface area contributed by atoms with Crippen molar-refractivity contribution in [2.45, 2.75) is 42.8 Å². The normalized spacial score (nSPS) is 14.4. The predicted octanol–water partition coefficient (Wildman–Crippen LogP) is 1.67. The van der Waals surface area contributed by atoms with Crippen LogP contribution in [0.15, 0.2) is 15.0 Å². The summed E-state index contributed by atoms with van der Waals surface area (Å²) in [6, 6.07) is 0. The van der Waals surface area contributed by atoms with E-state index in [1.54, 1.807) is 7.05 Å². The fourth-order valence-electron chi connectivity index (χ4n) is 1.99. The summed E-state index contributed by atoms with van der Waals surface area (Å²) in [5, 5.41) is 11.2. The molecule has 1 aliphatic carbocycles. The molecule has 112 valence electrons. The summed E-state index contributed by atoms with van der Waals surface area (Å²) >= 11 is 1.39. The maximum absolute atomic E-state index is 11.5. The topological polar surface area (TPSA) is 88.5 Å². The van der Waals surface area contributed by atoms with Gasteiger partial charge in [-0.15, -0.1) is 5.10 Å². The zero-order chi connectivity index (χ0) is 15.0. The van der Waals surface area contributed by atoms with Gasteiger partial charge in [-0.05, 0) is 38.5 Å². The minimum Gasteiger partial charge on any atom is -0.370 e. The lowest BCUT2D eigenvalue weighted by atomic mass is 10.3. The van der Waals surface area contributed by atoms with Crippen LogP contribution in [-0.2, 0) is 7.05 Å². The molecule has 0 bridgehead atoms. The van der Waals surface area contributed by atoms with Crippen LogP contribution in [0.2, 0.25) is 0 Å². The van der Waals surface area contributed by atoms with Crippen LogP contribution in [0.25, 0.3) is 0 Å². The molecule has 1 fully saturated rings. The summed E-state index contributed by atoms with van der Waals surface area (Å²) in [4.78, 5) is 20.7. The fraction of sp³-hybridized carbons (Fsp3) is 0.538. The van der Waals surface area contributed by atoms with Gasteiger partial charge in [0.2, 0.25) is 0 Å². The average Bonchev–Trinajstić information content (AvgIpc) is 3.26. The number of aromatic amines is 1. The average molecular weight is 306 g/mol. The molecule has 0 aliphatic heterocycles. The van der Waals surface area contributed by atoms with E-state index in [-0.39, 0.29) is 5.69 Å². The third kappa shape index (κ3) is 2.80. The molecule has 1 aliphatic rings. The molecule has 0 spiro atoms. The lowest BCUT2D eigenvalue weighted by molar-refractivity contribution is 0.762. The first-order valence-corrected chi connectivity index (χ1v) is 7.83. The van der Waals surface area contributed by atoms with Crippen LogP contribution in [-0.4, -0.2) is 31.3 Å². The molecule has 0 unspecified atom stereocenters. The van der Waals surface area contributed by atoms with Gasteiger partial charge < -0.3 is 5.32 Å². The lowest BCUT2D eigenvalue weighted by Crippen LogP contribution is -2.13. The third-order valence-electron chi connectivity index (χ3n) is 3.43. The minimum atomic E-state index is -0.224. The SMILES string of the molecule is CCNc1nc(C2CC2)nc(Sc2n[nH]c(=O)n2C)c1C. The summed E-state index contributed by atoms with van der Waals surface area (Å²) in [5.41, 5.74) is 0.764. The second-order valence-corrected chi connectivity index (χ2v) is 6.09. The predicted molar refractivity (Wildman–Crippen MR) is 80.9 cm³/mol. The van der Waals surface area contributed by atoms with Crippen LogP contribution in [0.4, 0.5) is 5.82 Å². The summed E-state index contributed by atoms with van der Waals surface area (Å²) in [6.07, 6.45) is 2.30. The zero-order valence-electron chi connectivity index (χ0n) is 12.3. The molecular weight excluding hydrogens is 288 g/mol. The van der Waals surface area contributed by atoms with Crippen molar-refractivity contribution in [2.24, 2.45) is 7.05 Å². The van der Waals surface area contributed by atoms with Crippen molar-refractivity contribution in [3.8, 4) is 0 Å². The van der Waals surface area contributed by atoms with E-state index in [2.05, 4.69) is 25.5 Å². The van der Waals surface area contributed by atoms with Gasteiger partial charge in [0.15, 0.2) is 5.16 Å². The smallest absolute Gasteiger partial charge is 0.343 e. The van der Waals surface area contributed by atoms with Crippen LogP contribution in [0.3, 0.4) is 0 Å². The number of nitrogens with one attached hydrogen (secondary N) is 2. The second kappa shape index (κ2) is 5.51. The zero-order valence-corrected chi connectivity index (χ0v) is 13.1. The number of rotatable bonds is 5. The van der Waals surface area contributed by atoms with Gasteiger partial charge in [0.1, 0.15) is 16.7 Å². The molecule has 0 radical (unpaired) electrons. The fourth-order valence-corrected chi connectivity index (χ4v) is 2.86. The van der Waals surface area contributed by atoms with E-state index in [4.69, 9.17) is 0 Å². The Kier molecular flexibility index (Phi) is 3.71. The highest BCUT2D eigenvalue weighted by molar-refractivity contribution is 7.99. The maximum atomic E-state index is 11.5. The van der Waals surface area contributed by atoms with E-state index < -0.39 is 0 Å². The molecule has 2 aromatic heterocycles. The van der Waals surface area contributed by atoms with Crippen molar-refractivity contribution in [1.29, 1.82) is 0 Å². The molecule has 2 N–H and O–H groups in total. The van der Waals surface area contributed by atoms with Gasteiger partial charge in [-0.2, -0.15) is 0 Å². The van der Waals surface area contributed by atoms with Gasteiger partial charge in [0, 0.05) is 25.1 Å². The van der Waals surface area contributed by atoms with Crippen molar-refractivity contribution < 1.29 is 0 Å². The van der Waals surface area contributed by atoms with E-state index in [1.165, 1.54) is 16.3 Å². The molecule has 1 saturated carbocycles. The summed E-state index contributed by atoms with van der Waals surface area (Å²) in [6.45, 7) is 4.84. The van der Waals surface area contributed by atoms with Crippen molar-refractivity contribution in [2.75, 3.05) is 11.9 Å². The quantitative estimate of drug-likeness (QED) is 0.817. The summed E-state index contributed by atoms with van der Waals surface area (Å²) < 4.78 is 1.48. The Bertz CT molecular complexity index is 718. The van der Waals surface area contributed by atoms with E-state index in [0.717, 1.165) is 41.6 Å². The molecule has 0 atom stereocenters. The largest absolute Gasteiger partial charge is 0.370 e. The highest BCUT2D eigenvalue weighted by atomic mass is 32.2. The Hall–Kier alpha value is -1.83. The Morgan fingerprint density at radius 1 is 1.43 bits per heavy atom. The van der Waals surface area contributed by atoms with Crippen LogP contribution in [0.5, 0.6) is 0 Å². The van der Waals surface area contributed by atoms with Gasteiger partial charge in [0.25, 0.3) is 0 Å². The van der Waals surface area contributed by atoms with E-state index in [9.17, 15) is 4.79 Å². The monoisotopic (exact) mass is 306 g/mol. The molecule has 7 nitrogen and oxygen atoms in total. The summed E-state index contributed by atoms with van der Waals surface area (Å²) in [5.74, 6) is 2.24. The van der Waals surface area contributed by atoms with E-state index in [0.29, 0.717) is 11.1 Å². The Balaban J connectivity index is 1.99. The standard InChI is InChI=1S/C13H18N6OS/c1-4-14-9-7(2)11(16-10(15-9)8-5-6-8)21-13-18-17-12(20)19(13)3/h8H,4-6H2,1-3H3,(H,17,20)(H,14,15,16). The Morgan fingerprint density at radius 3 is 2.76 bits per heavy atom. The first-order chi connectivity index (χ1) is 10.1. The highest BCUT2D eigenvalue weighted by Crippen LogP contribution is 2.40. The van der Waals surface area contributed by atoms with Gasteiger partial charge in [-0.1, -0.05) is 0 Å². The molecule has 0 saturated heterocycles. The van der Waals surface area contributed by atoms with Gasteiger partial charge >= 0.3 is 5.69 Å². The third-order valence-corrected chi connectivity index (χ3v) is 4.57. The number of aromatic nitrogens is 5. The number of hydrogen-bond donors (Lipinski definition) is 2. The molecule has 0 aromatic carbocycles. The van der Waals surface area contributed by atoms with Gasteiger partial charge in [-0.25, -0.2) is 19.9 Å². The van der Waals surface area contributed by atoms with Crippen molar-refractivity contribution in [1.82, 2.24) is 24.7 Å². The molecule has 3 rings (SSSR count). The summed E-state index contributed by atoms with van der Waals surface area (Å²) in [7, 11) is 1.69. The van der Waals surface area contributed by atoms with Crippen molar-refractivity contribution in [3.05, 3.63) is 21.9 Å². The van der Waals surface area contributed by atoms with Crippen molar-refractivity contribution in [3.63, 3.8) is 0 Å². The van der Waals surface area contributed by atoms with E-state index >= 15 is 0 Å². The molecule has 21 heavy (non-hydrogen) atoms. The Morgan fingerprint density at radius 2 is 2.19 bits per heavy atom. The van der Waals surface area contributed by atoms with Crippen LogP contribution < -0.4 is 11.0 Å². The molecule has 8 heteroatoms. The molecule has 2 aromatic rings. The highest BCUT2D eigenvalue weighted by Gasteiger charge is 2.28. The van der Waals surface area contributed by atoms with Crippen LogP contribution >= 0.6 is 11.8 Å². The van der Waals surface area contributed by atoms with Crippen LogP contribution in [0.1, 0.15) is 37.1 Å². The van der Waals surface area contributed by atoms with Crippen LogP contribution in [0, 0.1) is 6.92 Å². The number of hydrogen-bond acceptors (Lipinski definition) is 6. The maximum Gasteiger partial charge on any atom is 0.343 e. The molecule has 0 amide bonds. The Labute approximate surface area is 126 Å². The van der Waals surface area contributed by atoms with Gasteiger partial charge in [0.05, 0.1) is 0 Å². The minimum absolute atomic E-state index is 0.224.